The van der Waals surface area contributed by atoms with E-state index in [1.807, 2.05) is 26.1 Å². The quantitative estimate of drug-likeness (QED) is 0.682. The zero-order valence-electron chi connectivity index (χ0n) is 14.4. The summed E-state index contributed by atoms with van der Waals surface area (Å²) in [6.45, 7) is 4.82. The topological polar surface area (TPSA) is 37.0 Å². The second-order valence-electron chi connectivity index (χ2n) is 5.38. The SMILES string of the molecule is C/C=C(\C=C/CC)CNc1ncc(-c2ccccc2F)cc1NC. The molecule has 2 rings (SSSR count). The molecule has 0 aliphatic heterocycles. The molecule has 0 saturated carbocycles. The smallest absolute Gasteiger partial charge is 0.149 e. The molecule has 0 bridgehead atoms. The first kappa shape index (κ1) is 17.7. The van der Waals surface area contributed by atoms with Crippen LogP contribution in [0.4, 0.5) is 15.9 Å². The van der Waals surface area contributed by atoms with Crippen molar-refractivity contribution in [2.24, 2.45) is 0 Å². The van der Waals surface area contributed by atoms with Crippen molar-refractivity contribution in [2.75, 3.05) is 24.2 Å². The minimum Gasteiger partial charge on any atom is -0.385 e. The Hall–Kier alpha value is -2.62. The molecule has 0 amide bonds. The van der Waals surface area contributed by atoms with E-state index < -0.39 is 0 Å². The third-order valence-electron chi connectivity index (χ3n) is 3.74. The van der Waals surface area contributed by atoms with E-state index >= 15 is 0 Å². The van der Waals surface area contributed by atoms with Gasteiger partial charge >= 0.3 is 0 Å². The summed E-state index contributed by atoms with van der Waals surface area (Å²) >= 11 is 0. The Kier molecular flexibility index (Phi) is 6.55. The molecular formula is C20H24FN3. The molecule has 0 radical (unpaired) electrons. The molecule has 0 fully saturated rings. The normalized spacial score (nSPS) is 11.8. The number of hydrogen-bond donors (Lipinski definition) is 2. The Morgan fingerprint density at radius 3 is 2.75 bits per heavy atom. The predicted octanol–water partition coefficient (Wildman–Crippen LogP) is 5.25. The molecule has 126 valence electrons. The molecule has 0 aliphatic rings. The van der Waals surface area contributed by atoms with Gasteiger partial charge in [-0.2, -0.15) is 0 Å². The third kappa shape index (κ3) is 4.44. The Morgan fingerprint density at radius 1 is 1.29 bits per heavy atom. The summed E-state index contributed by atoms with van der Waals surface area (Å²) in [5.74, 6) is 0.504. The summed E-state index contributed by atoms with van der Waals surface area (Å²) in [4.78, 5) is 4.46. The van der Waals surface area contributed by atoms with Crippen LogP contribution < -0.4 is 10.6 Å². The van der Waals surface area contributed by atoms with E-state index in [1.165, 1.54) is 11.6 Å². The second-order valence-corrected chi connectivity index (χ2v) is 5.38. The molecule has 1 heterocycles. The first-order valence-corrected chi connectivity index (χ1v) is 8.17. The average molecular weight is 325 g/mol. The van der Waals surface area contributed by atoms with Gasteiger partial charge in [0.1, 0.15) is 11.6 Å². The van der Waals surface area contributed by atoms with Gasteiger partial charge in [-0.15, -0.1) is 0 Å². The summed E-state index contributed by atoms with van der Waals surface area (Å²) in [6, 6.07) is 8.63. The van der Waals surface area contributed by atoms with Crippen molar-refractivity contribution < 1.29 is 4.39 Å². The fourth-order valence-electron chi connectivity index (χ4n) is 2.35. The van der Waals surface area contributed by atoms with Crippen LogP contribution in [-0.4, -0.2) is 18.6 Å². The standard InChI is InChI=1S/C20H24FN3/c1-4-6-9-15(5-2)13-23-20-19(22-3)12-16(14-24-20)17-10-7-8-11-18(17)21/h5-12,14,22H,4,13H2,1-3H3,(H,23,24)/b9-6-,15-5+. The van der Waals surface area contributed by atoms with Crippen molar-refractivity contribution in [3.63, 3.8) is 0 Å². The van der Waals surface area contributed by atoms with E-state index in [0.717, 1.165) is 23.5 Å². The van der Waals surface area contributed by atoms with Gasteiger partial charge in [0.05, 0.1) is 5.69 Å². The van der Waals surface area contributed by atoms with E-state index in [4.69, 9.17) is 0 Å². The van der Waals surface area contributed by atoms with Crippen molar-refractivity contribution in [2.45, 2.75) is 20.3 Å². The van der Waals surface area contributed by atoms with Gasteiger partial charge in [-0.3, -0.25) is 0 Å². The molecule has 24 heavy (non-hydrogen) atoms. The maximum Gasteiger partial charge on any atom is 0.149 e. The van der Waals surface area contributed by atoms with Gasteiger partial charge in [-0.05, 0) is 31.1 Å². The van der Waals surface area contributed by atoms with Crippen LogP contribution in [0.25, 0.3) is 11.1 Å². The molecule has 2 aromatic rings. The maximum atomic E-state index is 14.0. The minimum absolute atomic E-state index is 0.247. The van der Waals surface area contributed by atoms with Crippen LogP contribution >= 0.6 is 0 Å². The third-order valence-corrected chi connectivity index (χ3v) is 3.74. The van der Waals surface area contributed by atoms with E-state index in [0.29, 0.717) is 12.1 Å². The number of rotatable bonds is 7. The highest BCUT2D eigenvalue weighted by molar-refractivity contribution is 5.74. The Morgan fingerprint density at radius 2 is 2.08 bits per heavy atom. The van der Waals surface area contributed by atoms with E-state index in [1.54, 1.807) is 18.3 Å². The van der Waals surface area contributed by atoms with Crippen LogP contribution in [0, 0.1) is 5.82 Å². The van der Waals surface area contributed by atoms with E-state index in [-0.39, 0.29) is 5.82 Å². The molecular weight excluding hydrogens is 301 g/mol. The van der Waals surface area contributed by atoms with Crippen molar-refractivity contribution in [1.82, 2.24) is 4.98 Å². The number of halogens is 1. The summed E-state index contributed by atoms with van der Waals surface area (Å²) in [5, 5.41) is 6.46. The van der Waals surface area contributed by atoms with Crippen LogP contribution in [0.1, 0.15) is 20.3 Å². The van der Waals surface area contributed by atoms with Gasteiger partial charge in [0.25, 0.3) is 0 Å². The zero-order chi connectivity index (χ0) is 17.4. The molecule has 1 aromatic carbocycles. The van der Waals surface area contributed by atoms with Crippen molar-refractivity contribution in [3.05, 3.63) is 66.1 Å². The average Bonchev–Trinajstić information content (AvgIpc) is 2.62. The number of hydrogen-bond acceptors (Lipinski definition) is 3. The van der Waals surface area contributed by atoms with E-state index in [9.17, 15) is 4.39 Å². The lowest BCUT2D eigenvalue weighted by molar-refractivity contribution is 0.631. The van der Waals surface area contributed by atoms with Crippen LogP contribution in [0.15, 0.2) is 60.3 Å². The largest absolute Gasteiger partial charge is 0.385 e. The lowest BCUT2D eigenvalue weighted by Gasteiger charge is -2.13. The van der Waals surface area contributed by atoms with Crippen molar-refractivity contribution >= 4 is 11.5 Å². The molecule has 0 atom stereocenters. The summed E-state index contributed by atoms with van der Waals surface area (Å²) in [7, 11) is 1.83. The predicted molar refractivity (Wildman–Crippen MR) is 101 cm³/mol. The number of pyridine rings is 1. The van der Waals surface area contributed by atoms with Gasteiger partial charge in [0.2, 0.25) is 0 Å². The first-order valence-electron chi connectivity index (χ1n) is 8.17. The van der Waals surface area contributed by atoms with Crippen LogP contribution in [-0.2, 0) is 0 Å². The van der Waals surface area contributed by atoms with Gasteiger partial charge in [0, 0.05) is 30.9 Å². The highest BCUT2D eigenvalue weighted by Gasteiger charge is 2.09. The van der Waals surface area contributed by atoms with Gasteiger partial charge < -0.3 is 10.6 Å². The van der Waals surface area contributed by atoms with Crippen molar-refractivity contribution in [3.8, 4) is 11.1 Å². The summed E-state index contributed by atoms with van der Waals surface area (Å²) in [5.41, 5.74) is 3.33. The Labute approximate surface area is 143 Å². The Bertz CT molecular complexity index is 735. The zero-order valence-corrected chi connectivity index (χ0v) is 14.4. The maximum absolute atomic E-state index is 14.0. The molecule has 0 spiro atoms. The number of nitrogens with zero attached hydrogens (tertiary/aromatic N) is 1. The van der Waals surface area contributed by atoms with Gasteiger partial charge in [-0.25, -0.2) is 9.37 Å². The highest BCUT2D eigenvalue weighted by atomic mass is 19.1. The number of nitrogens with one attached hydrogen (secondary N) is 2. The van der Waals surface area contributed by atoms with Crippen LogP contribution in [0.3, 0.4) is 0 Å². The summed E-state index contributed by atoms with van der Waals surface area (Å²) < 4.78 is 14.0. The van der Waals surface area contributed by atoms with Gasteiger partial charge in [-0.1, -0.05) is 43.4 Å². The van der Waals surface area contributed by atoms with Crippen LogP contribution in [0.5, 0.6) is 0 Å². The molecule has 3 nitrogen and oxygen atoms in total. The minimum atomic E-state index is -0.247. The fourth-order valence-corrected chi connectivity index (χ4v) is 2.35. The molecule has 0 aliphatic carbocycles. The fraction of sp³-hybridized carbons (Fsp3) is 0.250. The molecule has 0 saturated heterocycles. The summed E-state index contributed by atoms with van der Waals surface area (Å²) in [6.07, 6.45) is 9.02. The van der Waals surface area contributed by atoms with Crippen LogP contribution in [0.2, 0.25) is 0 Å². The molecule has 0 unspecified atom stereocenters. The molecule has 4 heteroatoms. The molecule has 1 aromatic heterocycles. The number of benzene rings is 1. The lowest BCUT2D eigenvalue weighted by Crippen LogP contribution is -2.08. The number of aromatic nitrogens is 1. The van der Waals surface area contributed by atoms with Gasteiger partial charge in [0.15, 0.2) is 0 Å². The lowest BCUT2D eigenvalue weighted by atomic mass is 10.1. The molecule has 2 N–H and O–H groups in total. The van der Waals surface area contributed by atoms with E-state index in [2.05, 4.69) is 40.8 Å². The monoisotopic (exact) mass is 325 g/mol. The number of allylic oxidation sites excluding steroid dienone is 2. The first-order chi connectivity index (χ1) is 11.7. The van der Waals surface area contributed by atoms with Crippen molar-refractivity contribution in [1.29, 1.82) is 0 Å². The number of anilines is 2. The second kappa shape index (κ2) is 8.87. The Balaban J connectivity index is 2.21. The highest BCUT2D eigenvalue weighted by Crippen LogP contribution is 2.28.